The molecule has 3 atom stereocenters. The Hall–Kier alpha value is -2.59. The lowest BCUT2D eigenvalue weighted by Crippen LogP contribution is -2.50. The van der Waals surface area contributed by atoms with Crippen LogP contribution in [0.5, 0.6) is 5.88 Å². The number of pyridine rings is 1. The maximum Gasteiger partial charge on any atom is 0.259 e. The van der Waals surface area contributed by atoms with E-state index in [1.54, 1.807) is 22.1 Å². The number of likely N-dealkylation sites (N-methyl/N-ethyl adjacent to an activating group) is 1. The van der Waals surface area contributed by atoms with Gasteiger partial charge < -0.3 is 19.6 Å². The summed E-state index contributed by atoms with van der Waals surface area (Å²) in [6.45, 7) is 4.57. The minimum atomic E-state index is -0.342. The van der Waals surface area contributed by atoms with E-state index in [1.807, 2.05) is 20.9 Å². The summed E-state index contributed by atoms with van der Waals surface area (Å²) in [7, 11) is 1.81. The van der Waals surface area contributed by atoms with Crippen LogP contribution in [0.2, 0.25) is 0 Å². The Kier molecular flexibility index (Phi) is 7.23. The molecule has 2 saturated carbocycles. The number of rotatable bonds is 5. The van der Waals surface area contributed by atoms with E-state index in [9.17, 15) is 14.7 Å². The third-order valence-electron chi connectivity index (χ3n) is 7.05. The molecule has 7 nitrogen and oxygen atoms in total. The lowest BCUT2D eigenvalue weighted by atomic mass is 9.99. The van der Waals surface area contributed by atoms with Crippen LogP contribution in [-0.4, -0.2) is 70.6 Å². The highest BCUT2D eigenvalue weighted by Gasteiger charge is 2.37. The number of hydrogen-bond donors (Lipinski definition) is 1. The molecule has 178 valence electrons. The highest BCUT2D eigenvalue weighted by Crippen LogP contribution is 2.32. The van der Waals surface area contributed by atoms with E-state index in [2.05, 4.69) is 16.8 Å². The molecule has 0 aromatic carbocycles. The van der Waals surface area contributed by atoms with Crippen molar-refractivity contribution in [3.05, 3.63) is 23.4 Å². The van der Waals surface area contributed by atoms with E-state index < -0.39 is 0 Å². The summed E-state index contributed by atoms with van der Waals surface area (Å²) in [6.07, 6.45) is 7.95. The summed E-state index contributed by atoms with van der Waals surface area (Å²) < 4.78 is 6.27. The maximum absolute atomic E-state index is 13.5. The molecule has 0 bridgehead atoms. The van der Waals surface area contributed by atoms with Crippen molar-refractivity contribution in [2.24, 2.45) is 17.8 Å². The summed E-state index contributed by atoms with van der Waals surface area (Å²) in [6, 6.07) is 1.42. The van der Waals surface area contributed by atoms with Gasteiger partial charge in [0.25, 0.3) is 5.91 Å². The fourth-order valence-electron chi connectivity index (χ4n) is 4.65. The number of carbonyl (C=O) groups excluding carboxylic acids is 2. The monoisotopic (exact) mass is 453 g/mol. The van der Waals surface area contributed by atoms with Crippen LogP contribution < -0.4 is 4.74 Å². The van der Waals surface area contributed by atoms with Crippen LogP contribution in [0.1, 0.15) is 68.3 Å². The molecular weight excluding hydrogens is 418 g/mol. The van der Waals surface area contributed by atoms with Crippen LogP contribution in [0.4, 0.5) is 0 Å². The average Bonchev–Trinajstić information content (AvgIpc) is 3.54. The third kappa shape index (κ3) is 5.50. The zero-order chi connectivity index (χ0) is 23.5. The molecule has 3 aliphatic rings. The second-order valence-corrected chi connectivity index (χ2v) is 9.94. The summed E-state index contributed by atoms with van der Waals surface area (Å²) in [5.74, 6) is 7.23. The van der Waals surface area contributed by atoms with E-state index >= 15 is 0 Å². The molecule has 33 heavy (non-hydrogen) atoms. The summed E-state index contributed by atoms with van der Waals surface area (Å²) in [5, 5.41) is 9.80. The van der Waals surface area contributed by atoms with Gasteiger partial charge in [-0.1, -0.05) is 31.6 Å². The molecule has 1 aromatic heterocycles. The Balaban J connectivity index is 1.62. The van der Waals surface area contributed by atoms with Gasteiger partial charge in [0.05, 0.1) is 19.2 Å². The minimum Gasteiger partial charge on any atom is -0.472 e. The quantitative estimate of drug-likeness (QED) is 0.693. The minimum absolute atomic E-state index is 0.0470. The first-order valence-electron chi connectivity index (χ1n) is 12.2. The Morgan fingerprint density at radius 3 is 2.73 bits per heavy atom. The van der Waals surface area contributed by atoms with Gasteiger partial charge in [-0.3, -0.25) is 9.59 Å². The van der Waals surface area contributed by atoms with Gasteiger partial charge in [0.15, 0.2) is 0 Å². The largest absolute Gasteiger partial charge is 0.472 e. The Morgan fingerprint density at radius 2 is 2.06 bits per heavy atom. The second kappa shape index (κ2) is 10.1. The van der Waals surface area contributed by atoms with E-state index in [4.69, 9.17) is 4.74 Å². The third-order valence-corrected chi connectivity index (χ3v) is 7.05. The maximum atomic E-state index is 13.5. The molecule has 0 saturated heterocycles. The molecule has 2 amide bonds. The predicted octanol–water partition coefficient (Wildman–Crippen LogP) is 2.71. The molecule has 0 spiro atoms. The fourth-order valence-corrected chi connectivity index (χ4v) is 4.65. The number of aliphatic hydroxyl groups excluding tert-OH is 1. The molecular formula is C26H35N3O4. The zero-order valence-corrected chi connectivity index (χ0v) is 19.9. The first-order valence-corrected chi connectivity index (χ1v) is 12.2. The van der Waals surface area contributed by atoms with Crippen molar-refractivity contribution in [3.63, 3.8) is 0 Å². The lowest BCUT2D eigenvalue weighted by molar-refractivity contribution is -0.132. The van der Waals surface area contributed by atoms with Crippen molar-refractivity contribution in [2.75, 3.05) is 26.7 Å². The van der Waals surface area contributed by atoms with Crippen LogP contribution in [0.15, 0.2) is 12.3 Å². The van der Waals surface area contributed by atoms with E-state index in [1.165, 1.54) is 12.8 Å². The lowest BCUT2D eigenvalue weighted by Gasteiger charge is -2.37. The first kappa shape index (κ1) is 23.6. The Morgan fingerprint density at radius 1 is 1.33 bits per heavy atom. The fraction of sp³-hybridized carbons (Fsp3) is 0.654. The van der Waals surface area contributed by atoms with Gasteiger partial charge in [-0.25, -0.2) is 4.98 Å². The molecule has 2 aliphatic carbocycles. The number of fused-ring (bicyclic) bond motifs is 1. The SMILES string of the molecule is C[C@@H]1CN([C@H](C)CO)C(=O)c2cc(C#CC3CCCC3)cnc2O[C@@H]1CN(C)C(=O)C1CC1. The first-order chi connectivity index (χ1) is 15.9. The van der Waals surface area contributed by atoms with Gasteiger partial charge in [0.1, 0.15) is 11.7 Å². The molecule has 1 N–H and O–H groups in total. The molecule has 0 unspecified atom stereocenters. The summed E-state index contributed by atoms with van der Waals surface area (Å²) in [4.78, 5) is 33.9. The number of aromatic nitrogens is 1. The Labute approximate surface area is 196 Å². The molecule has 7 heteroatoms. The topological polar surface area (TPSA) is 83.0 Å². The van der Waals surface area contributed by atoms with Crippen molar-refractivity contribution < 1.29 is 19.4 Å². The second-order valence-electron chi connectivity index (χ2n) is 9.94. The average molecular weight is 454 g/mol. The molecule has 0 radical (unpaired) electrons. The molecule has 2 heterocycles. The normalized spacial score (nSPS) is 24.1. The number of hydrogen-bond acceptors (Lipinski definition) is 5. The number of carbonyl (C=O) groups is 2. The van der Waals surface area contributed by atoms with Gasteiger partial charge in [0.2, 0.25) is 11.8 Å². The summed E-state index contributed by atoms with van der Waals surface area (Å²) in [5.41, 5.74) is 1.06. The van der Waals surface area contributed by atoms with Gasteiger partial charge >= 0.3 is 0 Å². The number of aliphatic hydroxyl groups is 1. The van der Waals surface area contributed by atoms with Crippen molar-refractivity contribution in [3.8, 4) is 17.7 Å². The molecule has 2 fully saturated rings. The van der Waals surface area contributed by atoms with Crippen LogP contribution >= 0.6 is 0 Å². The van der Waals surface area contributed by atoms with Crippen LogP contribution in [0.3, 0.4) is 0 Å². The Bertz CT molecular complexity index is 943. The van der Waals surface area contributed by atoms with E-state index in [0.717, 1.165) is 25.7 Å². The van der Waals surface area contributed by atoms with E-state index in [-0.39, 0.29) is 48.3 Å². The van der Waals surface area contributed by atoms with Crippen LogP contribution in [-0.2, 0) is 4.79 Å². The molecule has 1 aromatic rings. The standard InChI is InChI=1S/C26H35N3O4/c1-17-14-29(18(2)16-30)26(32)22-12-20(9-8-19-6-4-5-7-19)13-27-24(22)33-23(17)15-28(3)25(31)21-10-11-21/h12-13,17-19,21,23,30H,4-7,10-11,14-16H2,1-3H3/t17-,18-,23-/m1/s1. The molecule has 4 rings (SSSR count). The predicted molar refractivity (Wildman–Crippen MR) is 125 cm³/mol. The number of amides is 2. The zero-order valence-electron chi connectivity index (χ0n) is 19.9. The van der Waals surface area contributed by atoms with E-state index in [0.29, 0.717) is 30.1 Å². The smallest absolute Gasteiger partial charge is 0.259 e. The molecule has 1 aliphatic heterocycles. The van der Waals surface area contributed by atoms with Crippen molar-refractivity contribution >= 4 is 11.8 Å². The summed E-state index contributed by atoms with van der Waals surface area (Å²) >= 11 is 0. The van der Waals surface area contributed by atoms with Gasteiger partial charge in [-0.05, 0) is 38.7 Å². The highest BCUT2D eigenvalue weighted by atomic mass is 16.5. The van der Waals surface area contributed by atoms with Crippen LogP contribution in [0, 0.1) is 29.6 Å². The number of nitrogens with zero attached hydrogens (tertiary/aromatic N) is 3. The van der Waals surface area contributed by atoms with Crippen molar-refractivity contribution in [2.45, 2.75) is 64.5 Å². The van der Waals surface area contributed by atoms with Crippen LogP contribution in [0.25, 0.3) is 0 Å². The van der Waals surface area contributed by atoms with Gasteiger partial charge in [-0.15, -0.1) is 0 Å². The van der Waals surface area contributed by atoms with Crippen molar-refractivity contribution in [1.82, 2.24) is 14.8 Å². The van der Waals surface area contributed by atoms with Gasteiger partial charge in [-0.2, -0.15) is 0 Å². The van der Waals surface area contributed by atoms with Crippen molar-refractivity contribution in [1.29, 1.82) is 0 Å². The number of ether oxygens (including phenoxy) is 1. The highest BCUT2D eigenvalue weighted by molar-refractivity contribution is 5.97. The van der Waals surface area contributed by atoms with Gasteiger partial charge in [0, 0.05) is 43.1 Å².